The fraction of sp³-hybridized carbons (Fsp3) is 0.556. The molecule has 2 atom stereocenters. The zero-order valence-corrected chi connectivity index (χ0v) is 16.7. The molecule has 6 nitrogen and oxygen atoms in total. The van der Waals surface area contributed by atoms with Crippen molar-refractivity contribution in [1.29, 1.82) is 0 Å². The summed E-state index contributed by atoms with van der Waals surface area (Å²) in [6.07, 6.45) is -1.07. The van der Waals surface area contributed by atoms with Crippen LogP contribution in [0.4, 0.5) is 4.79 Å². The van der Waals surface area contributed by atoms with Crippen LogP contribution in [0.5, 0.6) is 5.75 Å². The summed E-state index contributed by atoms with van der Waals surface area (Å²) in [4.78, 5) is 23.2. The highest BCUT2D eigenvalue weighted by atomic mass is 28.4. The third-order valence-corrected chi connectivity index (χ3v) is 9.23. The number of esters is 1. The number of rotatable bonds is 5. The first-order valence-electron chi connectivity index (χ1n) is 8.36. The van der Waals surface area contributed by atoms with E-state index >= 15 is 0 Å². The highest BCUT2D eigenvalue weighted by molar-refractivity contribution is 6.74. The molecule has 2 rings (SSSR count). The number of ether oxygens (including phenoxy) is 2. The maximum Gasteiger partial charge on any atom is 0.408 e. The topological polar surface area (TPSA) is 73.9 Å². The molecular formula is C18H27NO5Si. The van der Waals surface area contributed by atoms with E-state index in [0.29, 0.717) is 6.42 Å². The van der Waals surface area contributed by atoms with E-state index in [4.69, 9.17) is 13.9 Å². The van der Waals surface area contributed by atoms with Crippen LogP contribution in [0, 0.1) is 0 Å². The number of hydrogen-bond acceptors (Lipinski definition) is 5. The number of carbonyl (C=O) groups excluding carboxylic acids is 2. The Kier molecular flexibility index (Phi) is 5.46. The van der Waals surface area contributed by atoms with Crippen molar-refractivity contribution >= 4 is 20.4 Å². The fourth-order valence-corrected chi connectivity index (χ4v) is 3.41. The van der Waals surface area contributed by atoms with Crippen LogP contribution in [0.15, 0.2) is 24.3 Å². The van der Waals surface area contributed by atoms with Crippen molar-refractivity contribution in [1.82, 2.24) is 5.32 Å². The van der Waals surface area contributed by atoms with Gasteiger partial charge in [-0.05, 0) is 42.2 Å². The number of carbonyl (C=O) groups is 2. The second-order valence-corrected chi connectivity index (χ2v) is 12.5. The number of benzene rings is 1. The Labute approximate surface area is 150 Å². The number of alkyl carbamates (subject to hydrolysis) is 1. The lowest BCUT2D eigenvalue weighted by atomic mass is 10.0. The molecule has 1 aromatic rings. The van der Waals surface area contributed by atoms with Gasteiger partial charge in [0.25, 0.3) is 0 Å². The Bertz CT molecular complexity index is 653. The molecule has 0 aliphatic carbocycles. The number of nitrogens with one attached hydrogen (secondary N) is 1. The molecular weight excluding hydrogens is 338 g/mol. The van der Waals surface area contributed by atoms with Crippen LogP contribution < -0.4 is 9.74 Å². The van der Waals surface area contributed by atoms with E-state index in [2.05, 4.69) is 39.2 Å². The number of hydrogen-bond donors (Lipinski definition) is 1. The van der Waals surface area contributed by atoms with Crippen LogP contribution in [0.3, 0.4) is 0 Å². The fourth-order valence-electron chi connectivity index (χ4n) is 2.38. The third-order valence-electron chi connectivity index (χ3n) is 4.87. The predicted octanol–water partition coefficient (Wildman–Crippen LogP) is 3.26. The van der Waals surface area contributed by atoms with Crippen molar-refractivity contribution in [3.05, 3.63) is 29.8 Å². The number of amides is 1. The molecule has 0 spiro atoms. The summed E-state index contributed by atoms with van der Waals surface area (Å²) in [5, 5.41) is 2.77. The van der Waals surface area contributed by atoms with Crippen molar-refractivity contribution in [3.63, 3.8) is 0 Å². The highest BCUT2D eigenvalue weighted by Crippen LogP contribution is 2.37. The van der Waals surface area contributed by atoms with Crippen molar-refractivity contribution in [2.75, 3.05) is 7.11 Å². The maximum absolute atomic E-state index is 11.8. The minimum absolute atomic E-state index is 0.103. The Morgan fingerprint density at radius 1 is 1.32 bits per heavy atom. The Balaban J connectivity index is 2.14. The third kappa shape index (κ3) is 4.53. The molecule has 1 fully saturated rings. The van der Waals surface area contributed by atoms with Crippen LogP contribution >= 0.6 is 0 Å². The summed E-state index contributed by atoms with van der Waals surface area (Å²) in [5.74, 6) is 0.251. The Morgan fingerprint density at radius 3 is 2.60 bits per heavy atom. The lowest BCUT2D eigenvalue weighted by Crippen LogP contribution is -2.43. The lowest BCUT2D eigenvalue weighted by molar-refractivity contribution is -0.149. The molecule has 138 valence electrons. The van der Waals surface area contributed by atoms with E-state index in [1.807, 2.05) is 24.3 Å². The monoisotopic (exact) mass is 365 g/mol. The SMILES string of the molecule is COC(=O)[C@H]1OC(=O)N[C@H]1Cc1cccc(O[Si](C)(C)C(C)(C)C)c1. The molecule has 1 aromatic carbocycles. The van der Waals surface area contributed by atoms with Crippen LogP contribution in [0.2, 0.25) is 18.1 Å². The van der Waals surface area contributed by atoms with E-state index < -0.39 is 32.5 Å². The number of cyclic esters (lactones) is 1. The van der Waals surface area contributed by atoms with Crippen molar-refractivity contribution in [2.24, 2.45) is 0 Å². The van der Waals surface area contributed by atoms with Gasteiger partial charge in [0.15, 0.2) is 0 Å². The lowest BCUT2D eigenvalue weighted by Gasteiger charge is -2.36. The van der Waals surface area contributed by atoms with E-state index in [1.54, 1.807) is 0 Å². The van der Waals surface area contributed by atoms with Crippen LogP contribution in [0.1, 0.15) is 26.3 Å². The molecule has 0 saturated carbocycles. The van der Waals surface area contributed by atoms with Crippen molar-refractivity contribution < 1.29 is 23.5 Å². The van der Waals surface area contributed by atoms with Gasteiger partial charge in [0.1, 0.15) is 5.75 Å². The molecule has 25 heavy (non-hydrogen) atoms. The molecule has 1 aliphatic heterocycles. The van der Waals surface area contributed by atoms with Gasteiger partial charge < -0.3 is 19.2 Å². The van der Waals surface area contributed by atoms with Crippen molar-refractivity contribution in [2.45, 2.75) is 57.5 Å². The van der Waals surface area contributed by atoms with Gasteiger partial charge in [0.05, 0.1) is 13.2 Å². The second-order valence-electron chi connectivity index (χ2n) is 7.81. The van der Waals surface area contributed by atoms with Gasteiger partial charge in [-0.2, -0.15) is 0 Å². The van der Waals surface area contributed by atoms with Gasteiger partial charge >= 0.3 is 12.1 Å². The average molecular weight is 366 g/mol. The van der Waals surface area contributed by atoms with Gasteiger partial charge in [-0.25, -0.2) is 9.59 Å². The molecule has 1 N–H and O–H groups in total. The average Bonchev–Trinajstić information content (AvgIpc) is 2.85. The van der Waals surface area contributed by atoms with E-state index in [0.717, 1.165) is 11.3 Å². The number of methoxy groups -OCH3 is 1. The smallest absolute Gasteiger partial charge is 0.408 e. The summed E-state index contributed by atoms with van der Waals surface area (Å²) in [7, 11) is -0.653. The van der Waals surface area contributed by atoms with Gasteiger partial charge in [0, 0.05) is 0 Å². The molecule has 1 saturated heterocycles. The Morgan fingerprint density at radius 2 is 2.00 bits per heavy atom. The van der Waals surface area contributed by atoms with E-state index in [9.17, 15) is 9.59 Å². The van der Waals surface area contributed by atoms with Crippen LogP contribution in [0.25, 0.3) is 0 Å². The molecule has 0 radical (unpaired) electrons. The quantitative estimate of drug-likeness (QED) is 0.640. The molecule has 1 amide bonds. The van der Waals surface area contributed by atoms with Gasteiger partial charge in [-0.3, -0.25) is 0 Å². The van der Waals surface area contributed by atoms with E-state index in [1.165, 1.54) is 7.11 Å². The largest absolute Gasteiger partial charge is 0.543 e. The summed E-state index contributed by atoms with van der Waals surface area (Å²) in [6, 6.07) is 7.30. The summed E-state index contributed by atoms with van der Waals surface area (Å²) in [6.45, 7) is 11.0. The first kappa shape index (κ1) is 19.3. The molecule has 0 aromatic heterocycles. The summed E-state index contributed by atoms with van der Waals surface area (Å²) < 4.78 is 16.0. The van der Waals surface area contributed by atoms with Gasteiger partial charge in [-0.15, -0.1) is 0 Å². The van der Waals surface area contributed by atoms with Gasteiger partial charge in [-0.1, -0.05) is 32.9 Å². The second kappa shape index (κ2) is 7.07. The van der Waals surface area contributed by atoms with Crippen molar-refractivity contribution in [3.8, 4) is 5.75 Å². The highest BCUT2D eigenvalue weighted by Gasteiger charge is 2.41. The maximum atomic E-state index is 11.8. The van der Waals surface area contributed by atoms with Gasteiger partial charge in [0.2, 0.25) is 14.4 Å². The van der Waals surface area contributed by atoms with Crippen LogP contribution in [-0.4, -0.2) is 39.6 Å². The zero-order valence-electron chi connectivity index (χ0n) is 15.7. The molecule has 0 bridgehead atoms. The minimum atomic E-state index is -1.93. The predicted molar refractivity (Wildman–Crippen MR) is 97.2 cm³/mol. The molecule has 1 aliphatic rings. The van der Waals surface area contributed by atoms with Crippen LogP contribution in [-0.2, 0) is 20.7 Å². The summed E-state index contributed by atoms with van der Waals surface area (Å²) >= 11 is 0. The normalized spacial score (nSPS) is 20.6. The molecule has 1 heterocycles. The first-order chi connectivity index (χ1) is 11.5. The first-order valence-corrected chi connectivity index (χ1v) is 11.3. The minimum Gasteiger partial charge on any atom is -0.543 e. The molecule has 0 unspecified atom stereocenters. The zero-order chi connectivity index (χ0) is 18.8. The Hall–Kier alpha value is -2.02. The van der Waals surface area contributed by atoms with E-state index in [-0.39, 0.29) is 5.04 Å². The standard InChI is InChI=1S/C18H27NO5Si/c1-18(2,3)25(5,6)24-13-9-7-8-12(10-13)11-14-15(16(20)22-4)23-17(21)19-14/h7-10,14-15H,11H2,1-6H3,(H,19,21)/t14-,15-/m0/s1. The molecule has 7 heteroatoms. The summed E-state index contributed by atoms with van der Waals surface area (Å²) in [5.41, 5.74) is 0.959.